The number of nitrogens with two attached hydrogens (primary N) is 1. The van der Waals surface area contributed by atoms with Gasteiger partial charge in [0.05, 0.1) is 19.3 Å². The molecule has 0 aromatic heterocycles. The highest BCUT2D eigenvalue weighted by Gasteiger charge is 2.27. The van der Waals surface area contributed by atoms with Crippen LogP contribution in [0.25, 0.3) is 0 Å². The van der Waals surface area contributed by atoms with Crippen LogP contribution in [0.5, 0.6) is 0 Å². The zero-order valence-corrected chi connectivity index (χ0v) is 13.7. The Hall–Kier alpha value is -2.77. The minimum Gasteiger partial charge on any atom is -0.481 e. The summed E-state index contributed by atoms with van der Waals surface area (Å²) < 4.78 is 0. The molecule has 0 aliphatic heterocycles. The van der Waals surface area contributed by atoms with E-state index in [1.165, 1.54) is 0 Å². The standard InChI is InChI=1S/C13H22N4O9/c14-6(1-2-9(20)21)11(24)16-8(5-19)13(26)17-7(4-18)12(25)15-3-10(22)23/h6-8,18-19H,1-5,14H2,(H,15,25)(H,16,24)(H,17,26)(H,20,21)(H,22,23). The van der Waals surface area contributed by atoms with Crippen molar-refractivity contribution in [1.82, 2.24) is 16.0 Å². The number of hydrogen-bond acceptors (Lipinski definition) is 8. The molecule has 0 saturated heterocycles. The lowest BCUT2D eigenvalue weighted by Crippen LogP contribution is -2.58. The van der Waals surface area contributed by atoms with Gasteiger partial charge in [-0.05, 0) is 6.42 Å². The van der Waals surface area contributed by atoms with Crippen molar-refractivity contribution in [1.29, 1.82) is 0 Å². The predicted octanol–water partition coefficient (Wildman–Crippen LogP) is -4.67. The molecule has 0 rings (SSSR count). The highest BCUT2D eigenvalue weighted by atomic mass is 16.4. The summed E-state index contributed by atoms with van der Waals surface area (Å²) >= 11 is 0. The van der Waals surface area contributed by atoms with E-state index in [1.807, 2.05) is 10.6 Å². The molecule has 0 heterocycles. The molecule has 0 saturated carbocycles. The van der Waals surface area contributed by atoms with Crippen LogP contribution in [-0.2, 0) is 24.0 Å². The maximum atomic E-state index is 12.0. The minimum atomic E-state index is -1.51. The minimum absolute atomic E-state index is 0.197. The summed E-state index contributed by atoms with van der Waals surface area (Å²) in [6.45, 7) is -2.46. The molecule has 0 fully saturated rings. The van der Waals surface area contributed by atoms with Crippen molar-refractivity contribution in [2.24, 2.45) is 5.73 Å². The summed E-state index contributed by atoms with van der Waals surface area (Å²) in [5, 5.41) is 41.3. The summed E-state index contributed by atoms with van der Waals surface area (Å²) in [7, 11) is 0. The van der Waals surface area contributed by atoms with Crippen LogP contribution >= 0.6 is 0 Å². The summed E-state index contributed by atoms with van der Waals surface area (Å²) in [6.07, 6.45) is -0.571. The lowest BCUT2D eigenvalue weighted by atomic mass is 10.1. The fourth-order valence-corrected chi connectivity index (χ4v) is 1.64. The molecule has 0 radical (unpaired) electrons. The molecule has 0 spiro atoms. The van der Waals surface area contributed by atoms with Crippen LogP contribution in [-0.4, -0.2) is 88.0 Å². The number of carbonyl (C=O) groups excluding carboxylic acids is 3. The highest BCUT2D eigenvalue weighted by molar-refractivity contribution is 5.93. The normalized spacial score (nSPS) is 13.8. The van der Waals surface area contributed by atoms with Gasteiger partial charge in [0.25, 0.3) is 0 Å². The van der Waals surface area contributed by atoms with Crippen molar-refractivity contribution in [2.75, 3.05) is 19.8 Å². The molecular weight excluding hydrogens is 356 g/mol. The first kappa shape index (κ1) is 23.2. The second-order valence-corrected chi connectivity index (χ2v) is 5.14. The molecule has 0 aliphatic carbocycles. The van der Waals surface area contributed by atoms with Gasteiger partial charge in [0.15, 0.2) is 0 Å². The Balaban J connectivity index is 4.70. The van der Waals surface area contributed by atoms with E-state index in [9.17, 15) is 29.1 Å². The van der Waals surface area contributed by atoms with Crippen molar-refractivity contribution < 1.29 is 44.4 Å². The topological polar surface area (TPSA) is 228 Å². The van der Waals surface area contributed by atoms with Crippen LogP contribution in [0.4, 0.5) is 0 Å². The molecule has 26 heavy (non-hydrogen) atoms. The first-order valence-corrected chi connectivity index (χ1v) is 7.41. The number of carboxylic acid groups (broad SMARTS) is 2. The van der Waals surface area contributed by atoms with Gasteiger partial charge in [-0.3, -0.25) is 24.0 Å². The molecule has 148 valence electrons. The van der Waals surface area contributed by atoms with Gasteiger partial charge in [-0.15, -0.1) is 0 Å². The van der Waals surface area contributed by atoms with Gasteiger partial charge in [-0.25, -0.2) is 0 Å². The first-order chi connectivity index (χ1) is 12.1. The van der Waals surface area contributed by atoms with Crippen molar-refractivity contribution in [2.45, 2.75) is 31.0 Å². The molecule has 3 atom stereocenters. The van der Waals surface area contributed by atoms with Gasteiger partial charge in [0, 0.05) is 6.42 Å². The van der Waals surface area contributed by atoms with E-state index in [1.54, 1.807) is 0 Å². The van der Waals surface area contributed by atoms with E-state index in [2.05, 4.69) is 5.32 Å². The number of aliphatic hydroxyl groups excluding tert-OH is 2. The van der Waals surface area contributed by atoms with Crippen LogP contribution in [0.1, 0.15) is 12.8 Å². The zero-order chi connectivity index (χ0) is 20.3. The molecule has 0 aliphatic rings. The third kappa shape index (κ3) is 8.91. The van der Waals surface area contributed by atoms with E-state index in [0.29, 0.717) is 0 Å². The second kappa shape index (κ2) is 11.7. The van der Waals surface area contributed by atoms with E-state index in [0.717, 1.165) is 0 Å². The Labute approximate surface area is 147 Å². The van der Waals surface area contributed by atoms with Gasteiger partial charge in [-0.1, -0.05) is 0 Å². The first-order valence-electron chi connectivity index (χ1n) is 7.41. The maximum absolute atomic E-state index is 12.0. The van der Waals surface area contributed by atoms with Crippen molar-refractivity contribution in [3.05, 3.63) is 0 Å². The van der Waals surface area contributed by atoms with E-state index < -0.39 is 67.5 Å². The molecule has 0 aromatic rings. The van der Waals surface area contributed by atoms with Crippen LogP contribution < -0.4 is 21.7 Å². The summed E-state index contributed by atoms with van der Waals surface area (Å²) in [4.78, 5) is 56.2. The fourth-order valence-electron chi connectivity index (χ4n) is 1.64. The van der Waals surface area contributed by atoms with Gasteiger partial charge in [0.2, 0.25) is 17.7 Å². The zero-order valence-electron chi connectivity index (χ0n) is 13.7. The smallest absolute Gasteiger partial charge is 0.322 e. The third-order valence-electron chi connectivity index (χ3n) is 3.05. The van der Waals surface area contributed by atoms with E-state index >= 15 is 0 Å². The molecule has 13 nitrogen and oxygen atoms in total. The number of hydrogen-bond donors (Lipinski definition) is 8. The maximum Gasteiger partial charge on any atom is 0.322 e. The quantitative estimate of drug-likeness (QED) is 0.162. The number of nitrogens with one attached hydrogen (secondary N) is 3. The molecule has 3 amide bonds. The lowest BCUT2D eigenvalue weighted by Gasteiger charge is -2.21. The summed E-state index contributed by atoms with van der Waals surface area (Å²) in [5.41, 5.74) is 5.46. The number of amides is 3. The van der Waals surface area contributed by atoms with Gasteiger partial charge in [-0.2, -0.15) is 0 Å². The van der Waals surface area contributed by atoms with Crippen LogP contribution in [0.2, 0.25) is 0 Å². The van der Waals surface area contributed by atoms with Gasteiger partial charge in [0.1, 0.15) is 18.6 Å². The molecule has 13 heteroatoms. The Morgan fingerprint density at radius 2 is 1.31 bits per heavy atom. The molecule has 9 N–H and O–H groups in total. The average Bonchev–Trinajstić information content (AvgIpc) is 2.59. The fraction of sp³-hybridized carbons (Fsp3) is 0.615. The van der Waals surface area contributed by atoms with Gasteiger partial charge < -0.3 is 42.1 Å². The number of carbonyl (C=O) groups is 5. The SMILES string of the molecule is NC(CCC(=O)O)C(=O)NC(CO)C(=O)NC(CO)C(=O)NCC(=O)O. The number of rotatable bonds is 12. The van der Waals surface area contributed by atoms with Crippen molar-refractivity contribution in [3.63, 3.8) is 0 Å². The number of aliphatic carboxylic acids is 2. The summed E-state index contributed by atoms with van der Waals surface area (Å²) in [5.74, 6) is -5.41. The average molecular weight is 378 g/mol. The lowest BCUT2D eigenvalue weighted by molar-refractivity contribution is -0.139. The monoisotopic (exact) mass is 378 g/mol. The number of aliphatic hydroxyl groups is 2. The van der Waals surface area contributed by atoms with Crippen LogP contribution in [0, 0.1) is 0 Å². The predicted molar refractivity (Wildman–Crippen MR) is 83.5 cm³/mol. The van der Waals surface area contributed by atoms with Crippen LogP contribution in [0.3, 0.4) is 0 Å². The summed E-state index contributed by atoms with van der Waals surface area (Å²) in [6, 6.07) is -4.26. The second-order valence-electron chi connectivity index (χ2n) is 5.14. The largest absolute Gasteiger partial charge is 0.481 e. The Morgan fingerprint density at radius 1 is 0.808 bits per heavy atom. The third-order valence-corrected chi connectivity index (χ3v) is 3.05. The van der Waals surface area contributed by atoms with Crippen molar-refractivity contribution in [3.8, 4) is 0 Å². The van der Waals surface area contributed by atoms with Gasteiger partial charge >= 0.3 is 11.9 Å². The van der Waals surface area contributed by atoms with E-state index in [4.69, 9.17) is 21.1 Å². The number of carboxylic acids is 2. The molecule has 0 bridgehead atoms. The Bertz CT molecular complexity index is 540. The Morgan fingerprint density at radius 3 is 1.77 bits per heavy atom. The van der Waals surface area contributed by atoms with Crippen molar-refractivity contribution >= 4 is 29.7 Å². The molecular formula is C13H22N4O9. The molecule has 3 unspecified atom stereocenters. The Kier molecular flexibility index (Phi) is 10.5. The highest BCUT2D eigenvalue weighted by Crippen LogP contribution is 1.96. The molecule has 0 aromatic carbocycles. The van der Waals surface area contributed by atoms with Crippen LogP contribution in [0.15, 0.2) is 0 Å². The van der Waals surface area contributed by atoms with E-state index in [-0.39, 0.29) is 12.8 Å².